The number of benzene rings is 2. The molecule has 0 aliphatic heterocycles. The molecule has 0 unspecified atom stereocenters. The zero-order valence-electron chi connectivity index (χ0n) is 8.64. The molecule has 0 radical (unpaired) electrons. The van der Waals surface area contributed by atoms with Gasteiger partial charge in [-0.2, -0.15) is 0 Å². The van der Waals surface area contributed by atoms with Gasteiger partial charge in [0.05, 0.1) is 5.92 Å². The van der Waals surface area contributed by atoms with E-state index in [1.165, 1.54) is 0 Å². The highest BCUT2D eigenvalue weighted by molar-refractivity contribution is 6.31. The summed E-state index contributed by atoms with van der Waals surface area (Å²) in [5.41, 5.74) is 1.82. The van der Waals surface area contributed by atoms with Gasteiger partial charge in [-0.1, -0.05) is 60.1 Å². The number of rotatable bonds is 3. The molecule has 0 saturated carbocycles. The lowest BCUT2D eigenvalue weighted by Gasteiger charge is -2.12. The lowest BCUT2D eigenvalue weighted by molar-refractivity contribution is -0.108. The van der Waals surface area contributed by atoms with Gasteiger partial charge in [0.2, 0.25) is 0 Å². The zero-order valence-corrected chi connectivity index (χ0v) is 9.39. The second-order valence-electron chi connectivity index (χ2n) is 3.55. The average Bonchev–Trinajstić information content (AvgIpc) is 2.34. The summed E-state index contributed by atoms with van der Waals surface area (Å²) in [5, 5.41) is 0.628. The van der Waals surface area contributed by atoms with Gasteiger partial charge in [-0.3, -0.25) is 0 Å². The Bertz CT molecular complexity index is 479. The van der Waals surface area contributed by atoms with E-state index in [1.807, 2.05) is 48.5 Å². The fourth-order valence-electron chi connectivity index (χ4n) is 1.72. The maximum absolute atomic E-state index is 11.2. The van der Waals surface area contributed by atoms with Crippen molar-refractivity contribution >= 4 is 17.9 Å². The van der Waals surface area contributed by atoms with Gasteiger partial charge in [0.15, 0.2) is 0 Å². The Kier molecular flexibility index (Phi) is 3.37. The summed E-state index contributed by atoms with van der Waals surface area (Å²) in [6, 6.07) is 17.1. The Morgan fingerprint density at radius 1 is 0.938 bits per heavy atom. The van der Waals surface area contributed by atoms with Crippen molar-refractivity contribution in [3.05, 3.63) is 70.7 Å². The van der Waals surface area contributed by atoms with Crippen LogP contribution >= 0.6 is 11.6 Å². The van der Waals surface area contributed by atoms with Crippen LogP contribution in [0.4, 0.5) is 0 Å². The summed E-state index contributed by atoms with van der Waals surface area (Å²) in [7, 11) is 0. The van der Waals surface area contributed by atoms with E-state index in [0.29, 0.717) is 5.02 Å². The van der Waals surface area contributed by atoms with Crippen LogP contribution in [0.15, 0.2) is 54.6 Å². The normalized spacial score (nSPS) is 12.1. The highest BCUT2D eigenvalue weighted by Crippen LogP contribution is 2.28. The van der Waals surface area contributed by atoms with Crippen LogP contribution < -0.4 is 0 Å². The summed E-state index contributed by atoms with van der Waals surface area (Å²) in [4.78, 5) is 11.2. The molecule has 0 saturated heterocycles. The van der Waals surface area contributed by atoms with Crippen LogP contribution in [-0.4, -0.2) is 6.29 Å². The molecule has 0 bridgehead atoms. The monoisotopic (exact) mass is 230 g/mol. The third kappa shape index (κ3) is 2.15. The summed E-state index contributed by atoms with van der Waals surface area (Å²) in [5.74, 6) is -0.283. The van der Waals surface area contributed by atoms with Crippen LogP contribution in [0.5, 0.6) is 0 Å². The molecule has 80 valence electrons. The van der Waals surface area contributed by atoms with Crippen molar-refractivity contribution < 1.29 is 4.79 Å². The smallest absolute Gasteiger partial charge is 0.131 e. The maximum atomic E-state index is 11.2. The van der Waals surface area contributed by atoms with Crippen molar-refractivity contribution in [3.63, 3.8) is 0 Å². The van der Waals surface area contributed by atoms with Crippen molar-refractivity contribution in [1.82, 2.24) is 0 Å². The molecule has 0 N–H and O–H groups in total. The molecule has 2 aromatic carbocycles. The molecular formula is C14H11ClO. The standard InChI is InChI=1S/C14H11ClO/c15-14-9-5-4-8-12(14)13(10-16)11-6-2-1-3-7-11/h1-10,13H/t13-/m1/s1. The quantitative estimate of drug-likeness (QED) is 0.736. The first-order valence-corrected chi connectivity index (χ1v) is 5.45. The molecule has 0 fully saturated rings. The number of hydrogen-bond acceptors (Lipinski definition) is 1. The predicted molar refractivity (Wildman–Crippen MR) is 65.8 cm³/mol. The Labute approximate surface area is 99.7 Å². The first-order chi connectivity index (χ1) is 7.83. The van der Waals surface area contributed by atoms with Crippen LogP contribution in [0.25, 0.3) is 0 Å². The number of halogens is 1. The number of carbonyl (C=O) groups excluding carboxylic acids is 1. The SMILES string of the molecule is O=C[C@H](c1ccccc1)c1ccccc1Cl. The zero-order chi connectivity index (χ0) is 11.4. The van der Waals surface area contributed by atoms with Gasteiger partial charge < -0.3 is 4.79 Å². The van der Waals surface area contributed by atoms with Crippen LogP contribution in [0.1, 0.15) is 17.0 Å². The van der Waals surface area contributed by atoms with Gasteiger partial charge in [-0.15, -0.1) is 0 Å². The summed E-state index contributed by atoms with van der Waals surface area (Å²) < 4.78 is 0. The van der Waals surface area contributed by atoms with E-state index in [9.17, 15) is 4.79 Å². The number of aldehydes is 1. The minimum Gasteiger partial charge on any atom is -0.302 e. The lowest BCUT2D eigenvalue weighted by atomic mass is 9.93. The van der Waals surface area contributed by atoms with Crippen LogP contribution in [0.3, 0.4) is 0 Å². The third-order valence-corrected chi connectivity index (χ3v) is 2.88. The van der Waals surface area contributed by atoms with Gasteiger partial charge in [-0.25, -0.2) is 0 Å². The van der Waals surface area contributed by atoms with Gasteiger partial charge >= 0.3 is 0 Å². The van der Waals surface area contributed by atoms with E-state index in [-0.39, 0.29) is 5.92 Å². The van der Waals surface area contributed by atoms with E-state index in [4.69, 9.17) is 11.6 Å². The molecular weight excluding hydrogens is 220 g/mol. The average molecular weight is 231 g/mol. The molecule has 0 spiro atoms. The second-order valence-corrected chi connectivity index (χ2v) is 3.95. The third-order valence-electron chi connectivity index (χ3n) is 2.54. The van der Waals surface area contributed by atoms with Gasteiger partial charge in [0, 0.05) is 5.02 Å². The summed E-state index contributed by atoms with van der Waals surface area (Å²) in [6.07, 6.45) is 0.927. The lowest BCUT2D eigenvalue weighted by Crippen LogP contribution is -2.02. The Hall–Kier alpha value is -1.60. The molecule has 0 aliphatic carbocycles. The molecule has 2 aromatic rings. The molecule has 0 aliphatic rings. The van der Waals surface area contributed by atoms with Gasteiger partial charge in [0.1, 0.15) is 6.29 Å². The molecule has 1 nitrogen and oxygen atoms in total. The molecule has 16 heavy (non-hydrogen) atoms. The van der Waals surface area contributed by atoms with Gasteiger partial charge in [0.25, 0.3) is 0 Å². The molecule has 2 heteroatoms. The van der Waals surface area contributed by atoms with Crippen LogP contribution in [0, 0.1) is 0 Å². The van der Waals surface area contributed by atoms with Crippen LogP contribution in [-0.2, 0) is 4.79 Å². The van der Waals surface area contributed by atoms with Crippen molar-refractivity contribution in [2.75, 3.05) is 0 Å². The van der Waals surface area contributed by atoms with E-state index >= 15 is 0 Å². The van der Waals surface area contributed by atoms with Crippen molar-refractivity contribution in [2.45, 2.75) is 5.92 Å². The highest BCUT2D eigenvalue weighted by Gasteiger charge is 2.15. The Morgan fingerprint density at radius 2 is 1.56 bits per heavy atom. The predicted octanol–water partition coefficient (Wildman–Crippen LogP) is 3.67. The number of carbonyl (C=O) groups is 1. The minimum absolute atomic E-state index is 0.283. The first-order valence-electron chi connectivity index (χ1n) is 5.07. The highest BCUT2D eigenvalue weighted by atomic mass is 35.5. The maximum Gasteiger partial charge on any atom is 0.131 e. The van der Waals surface area contributed by atoms with Crippen LogP contribution in [0.2, 0.25) is 5.02 Å². The Balaban J connectivity index is 2.45. The van der Waals surface area contributed by atoms with Crippen molar-refractivity contribution in [3.8, 4) is 0 Å². The molecule has 1 atom stereocenters. The second kappa shape index (κ2) is 4.95. The molecule has 0 amide bonds. The van der Waals surface area contributed by atoms with Crippen molar-refractivity contribution in [1.29, 1.82) is 0 Å². The van der Waals surface area contributed by atoms with E-state index in [1.54, 1.807) is 6.07 Å². The largest absolute Gasteiger partial charge is 0.302 e. The molecule has 2 rings (SSSR count). The first kappa shape index (κ1) is 10.9. The fraction of sp³-hybridized carbons (Fsp3) is 0.0714. The van der Waals surface area contributed by atoms with Crippen molar-refractivity contribution in [2.24, 2.45) is 0 Å². The Morgan fingerprint density at radius 3 is 2.19 bits per heavy atom. The summed E-state index contributed by atoms with van der Waals surface area (Å²) >= 11 is 6.09. The topological polar surface area (TPSA) is 17.1 Å². The summed E-state index contributed by atoms with van der Waals surface area (Å²) in [6.45, 7) is 0. The molecule has 0 aromatic heterocycles. The van der Waals surface area contributed by atoms with Gasteiger partial charge in [-0.05, 0) is 17.2 Å². The minimum atomic E-state index is -0.283. The van der Waals surface area contributed by atoms with E-state index in [0.717, 1.165) is 17.4 Å². The van der Waals surface area contributed by atoms with E-state index < -0.39 is 0 Å². The fourth-order valence-corrected chi connectivity index (χ4v) is 1.97. The van der Waals surface area contributed by atoms with E-state index in [2.05, 4.69) is 0 Å². The molecule has 0 heterocycles. The number of hydrogen-bond donors (Lipinski definition) is 0.